The van der Waals surface area contributed by atoms with E-state index in [2.05, 4.69) is 16.9 Å². The van der Waals surface area contributed by atoms with Gasteiger partial charge in [0.05, 0.1) is 5.69 Å². The third-order valence-electron chi connectivity index (χ3n) is 3.09. The number of imidazole rings is 1. The number of aromatic nitrogens is 2. The maximum absolute atomic E-state index is 4.68. The Balaban J connectivity index is 2.01. The van der Waals surface area contributed by atoms with Gasteiger partial charge in [0, 0.05) is 17.5 Å². The summed E-state index contributed by atoms with van der Waals surface area (Å²) in [5.41, 5.74) is 2.78. The van der Waals surface area contributed by atoms with E-state index < -0.39 is 0 Å². The minimum absolute atomic E-state index is 0.698. The zero-order valence-corrected chi connectivity index (χ0v) is 7.43. The van der Waals surface area contributed by atoms with Crippen LogP contribution in [0.5, 0.6) is 0 Å². The molecule has 0 aromatic carbocycles. The van der Waals surface area contributed by atoms with Crippen LogP contribution in [0.15, 0.2) is 0 Å². The topological polar surface area (TPSA) is 28.7 Å². The second-order valence-electron chi connectivity index (χ2n) is 4.20. The van der Waals surface area contributed by atoms with Crippen molar-refractivity contribution in [2.24, 2.45) is 0 Å². The molecule has 2 aliphatic rings. The van der Waals surface area contributed by atoms with Crippen LogP contribution in [0.25, 0.3) is 0 Å². The van der Waals surface area contributed by atoms with Crippen LogP contribution in [0.1, 0.15) is 55.2 Å². The number of hydrogen-bond donors (Lipinski definition) is 1. The van der Waals surface area contributed by atoms with E-state index in [-0.39, 0.29) is 0 Å². The number of nitrogens with one attached hydrogen (secondary N) is 1. The Hall–Kier alpha value is -0.790. The van der Waals surface area contributed by atoms with Gasteiger partial charge in [0.1, 0.15) is 5.82 Å². The van der Waals surface area contributed by atoms with E-state index >= 15 is 0 Å². The summed E-state index contributed by atoms with van der Waals surface area (Å²) in [4.78, 5) is 8.15. The highest BCUT2D eigenvalue weighted by atomic mass is 15.0. The van der Waals surface area contributed by atoms with Gasteiger partial charge >= 0.3 is 0 Å². The average Bonchev–Trinajstić information content (AvgIpc) is 2.73. The molecule has 2 heteroatoms. The molecule has 1 heterocycles. The molecule has 0 saturated heterocycles. The van der Waals surface area contributed by atoms with Crippen LogP contribution in [0.4, 0.5) is 0 Å². The summed E-state index contributed by atoms with van der Waals surface area (Å²) in [6.45, 7) is 2.28. The fourth-order valence-corrected chi connectivity index (χ4v) is 2.09. The molecule has 1 atom stereocenters. The minimum Gasteiger partial charge on any atom is -0.345 e. The van der Waals surface area contributed by atoms with Crippen molar-refractivity contribution in [1.82, 2.24) is 9.97 Å². The Kier molecular flexibility index (Phi) is 1.18. The van der Waals surface area contributed by atoms with Crippen molar-refractivity contribution in [3.8, 4) is 0 Å². The lowest BCUT2D eigenvalue weighted by molar-refractivity contribution is 0.716. The fourth-order valence-electron chi connectivity index (χ4n) is 2.09. The molecule has 0 amide bonds. The van der Waals surface area contributed by atoms with Gasteiger partial charge in [-0.15, -0.1) is 0 Å². The van der Waals surface area contributed by atoms with Crippen molar-refractivity contribution in [2.75, 3.05) is 0 Å². The predicted octanol–water partition coefficient (Wildman–Crippen LogP) is 2.34. The third-order valence-corrected chi connectivity index (χ3v) is 3.09. The quantitative estimate of drug-likeness (QED) is 0.674. The summed E-state index contributed by atoms with van der Waals surface area (Å²) in [5, 5.41) is 0. The molecular weight excluding hydrogens is 148 g/mol. The molecule has 0 aliphatic heterocycles. The number of nitrogens with zero attached hydrogens (tertiary/aromatic N) is 1. The molecule has 0 bridgehead atoms. The highest BCUT2D eigenvalue weighted by Crippen LogP contribution is 2.41. The maximum Gasteiger partial charge on any atom is 0.109 e. The summed E-state index contributed by atoms with van der Waals surface area (Å²) < 4.78 is 0. The lowest BCUT2D eigenvalue weighted by Crippen LogP contribution is -1.89. The number of rotatable bonds is 1. The first-order valence-electron chi connectivity index (χ1n) is 4.93. The Bertz CT molecular complexity index is 310. The largest absolute Gasteiger partial charge is 0.345 e. The number of fused-ring (bicyclic) bond motifs is 1. The molecule has 12 heavy (non-hydrogen) atoms. The van der Waals surface area contributed by atoms with E-state index in [4.69, 9.17) is 0 Å². The van der Waals surface area contributed by atoms with Crippen molar-refractivity contribution in [3.63, 3.8) is 0 Å². The van der Waals surface area contributed by atoms with Gasteiger partial charge in [0.2, 0.25) is 0 Å². The normalized spacial score (nSPS) is 27.6. The van der Waals surface area contributed by atoms with Crippen LogP contribution in [0.3, 0.4) is 0 Å². The molecule has 1 fully saturated rings. The Morgan fingerprint density at radius 1 is 1.33 bits per heavy atom. The zero-order chi connectivity index (χ0) is 8.13. The summed E-state index contributed by atoms with van der Waals surface area (Å²) in [5.74, 6) is 2.75. The van der Waals surface area contributed by atoms with Crippen LogP contribution in [-0.2, 0) is 6.42 Å². The highest BCUT2D eigenvalue weighted by Gasteiger charge is 2.30. The molecule has 0 spiro atoms. The van der Waals surface area contributed by atoms with Crippen LogP contribution < -0.4 is 0 Å². The van der Waals surface area contributed by atoms with Crippen LogP contribution >= 0.6 is 0 Å². The standard InChI is InChI=1S/C10H14N2/c1-6-2-5-8-9(6)12-10(11-8)7-3-4-7/h6-7H,2-5H2,1H3,(H,11,12). The van der Waals surface area contributed by atoms with E-state index in [1.807, 2.05) is 0 Å². The summed E-state index contributed by atoms with van der Waals surface area (Å²) in [6.07, 6.45) is 5.21. The number of H-pyrrole nitrogens is 1. The van der Waals surface area contributed by atoms with Gasteiger partial charge in [-0.3, -0.25) is 0 Å². The van der Waals surface area contributed by atoms with Crippen molar-refractivity contribution in [1.29, 1.82) is 0 Å². The highest BCUT2D eigenvalue weighted by molar-refractivity contribution is 5.26. The van der Waals surface area contributed by atoms with E-state index in [0.29, 0.717) is 5.92 Å². The molecule has 64 valence electrons. The average molecular weight is 162 g/mol. The predicted molar refractivity (Wildman–Crippen MR) is 47.3 cm³/mol. The van der Waals surface area contributed by atoms with E-state index in [1.54, 1.807) is 0 Å². The monoisotopic (exact) mass is 162 g/mol. The third kappa shape index (κ3) is 0.838. The van der Waals surface area contributed by atoms with Crippen LogP contribution in [-0.4, -0.2) is 9.97 Å². The van der Waals surface area contributed by atoms with Gasteiger partial charge in [-0.1, -0.05) is 6.92 Å². The smallest absolute Gasteiger partial charge is 0.109 e. The lowest BCUT2D eigenvalue weighted by Gasteiger charge is -1.97. The zero-order valence-electron chi connectivity index (χ0n) is 7.43. The Labute approximate surface area is 72.4 Å². The number of aromatic amines is 1. The molecule has 1 saturated carbocycles. The Morgan fingerprint density at radius 2 is 2.17 bits per heavy atom. The van der Waals surface area contributed by atoms with Crippen LogP contribution in [0.2, 0.25) is 0 Å². The molecule has 1 aromatic heterocycles. The van der Waals surface area contributed by atoms with Crippen molar-refractivity contribution in [3.05, 3.63) is 17.2 Å². The summed E-state index contributed by atoms with van der Waals surface area (Å²) in [6, 6.07) is 0. The van der Waals surface area contributed by atoms with E-state index in [0.717, 1.165) is 5.92 Å². The summed E-state index contributed by atoms with van der Waals surface area (Å²) in [7, 11) is 0. The Morgan fingerprint density at radius 3 is 2.83 bits per heavy atom. The first-order chi connectivity index (χ1) is 5.84. The van der Waals surface area contributed by atoms with Crippen molar-refractivity contribution in [2.45, 2.75) is 44.4 Å². The minimum atomic E-state index is 0.698. The van der Waals surface area contributed by atoms with Gasteiger partial charge in [-0.05, 0) is 25.7 Å². The molecule has 2 aliphatic carbocycles. The summed E-state index contributed by atoms with van der Waals surface area (Å²) >= 11 is 0. The molecule has 1 N–H and O–H groups in total. The second kappa shape index (κ2) is 2.12. The molecule has 1 unspecified atom stereocenters. The fraction of sp³-hybridized carbons (Fsp3) is 0.700. The van der Waals surface area contributed by atoms with Gasteiger partial charge < -0.3 is 4.98 Å². The van der Waals surface area contributed by atoms with Gasteiger partial charge in [-0.25, -0.2) is 4.98 Å². The number of aryl methyl sites for hydroxylation is 1. The van der Waals surface area contributed by atoms with E-state index in [9.17, 15) is 0 Å². The molecule has 2 nitrogen and oxygen atoms in total. The first kappa shape index (κ1) is 6.70. The molecule has 3 rings (SSSR count). The maximum atomic E-state index is 4.68. The van der Waals surface area contributed by atoms with Crippen molar-refractivity contribution >= 4 is 0 Å². The molecular formula is C10H14N2. The molecule has 0 radical (unpaired) electrons. The number of hydrogen-bond acceptors (Lipinski definition) is 1. The van der Waals surface area contributed by atoms with Gasteiger partial charge in [0.15, 0.2) is 0 Å². The first-order valence-corrected chi connectivity index (χ1v) is 4.93. The van der Waals surface area contributed by atoms with E-state index in [1.165, 1.54) is 42.9 Å². The van der Waals surface area contributed by atoms with Gasteiger partial charge in [0.25, 0.3) is 0 Å². The SMILES string of the molecule is CC1CCc2[nH]c(C3CC3)nc21. The second-order valence-corrected chi connectivity index (χ2v) is 4.20. The van der Waals surface area contributed by atoms with Crippen LogP contribution in [0, 0.1) is 0 Å². The van der Waals surface area contributed by atoms with Gasteiger partial charge in [-0.2, -0.15) is 0 Å². The van der Waals surface area contributed by atoms with Crippen molar-refractivity contribution < 1.29 is 0 Å². The lowest BCUT2D eigenvalue weighted by atomic mass is 10.1. The molecule has 1 aromatic rings.